The quantitative estimate of drug-likeness (QED) is 0.655. The van der Waals surface area contributed by atoms with Crippen molar-refractivity contribution in [2.45, 2.75) is 12.1 Å². The Bertz CT molecular complexity index is 644. The zero-order valence-electron chi connectivity index (χ0n) is 12.2. The second-order valence-corrected chi connectivity index (χ2v) is 6.15. The first-order valence-corrected chi connectivity index (χ1v) is 7.32. The van der Waals surface area contributed by atoms with Crippen LogP contribution >= 0.6 is 0 Å². The Labute approximate surface area is 123 Å². The largest absolute Gasteiger partial charge is 0.355 e. The van der Waals surface area contributed by atoms with Crippen LogP contribution in [0.5, 0.6) is 0 Å². The van der Waals surface area contributed by atoms with E-state index in [1.54, 1.807) is 7.05 Å². The summed E-state index contributed by atoms with van der Waals surface area (Å²) in [6.07, 6.45) is 0.848. The molecular weight excluding hydrogens is 268 g/mol. The highest BCUT2D eigenvalue weighted by Gasteiger charge is 2.65. The Morgan fingerprint density at radius 3 is 2.76 bits per heavy atom. The van der Waals surface area contributed by atoms with Crippen LogP contribution in [-0.4, -0.2) is 48.9 Å². The van der Waals surface area contributed by atoms with Crippen LogP contribution in [-0.2, 0) is 26.5 Å². The maximum absolute atomic E-state index is 12.6. The van der Waals surface area contributed by atoms with Crippen molar-refractivity contribution in [2.75, 3.05) is 27.2 Å². The molecule has 2 amide bonds. The van der Waals surface area contributed by atoms with Gasteiger partial charge in [-0.15, -0.1) is 0 Å². The molecule has 3 atom stereocenters. The van der Waals surface area contributed by atoms with E-state index in [1.165, 1.54) is 10.5 Å². The third-order valence-electron chi connectivity index (χ3n) is 5.20. The Balaban J connectivity index is 1.92. The van der Waals surface area contributed by atoms with Crippen LogP contribution < -0.4 is 0 Å². The molecule has 110 valence electrons. The molecule has 0 bridgehead atoms. The molecule has 2 unspecified atom stereocenters. The number of rotatable bonds is 0. The summed E-state index contributed by atoms with van der Waals surface area (Å²) in [4.78, 5) is 28.2. The van der Waals surface area contributed by atoms with Gasteiger partial charge in [0.05, 0.1) is 18.4 Å². The van der Waals surface area contributed by atoms with Gasteiger partial charge in [0.25, 0.3) is 0 Å². The van der Waals surface area contributed by atoms with E-state index in [9.17, 15) is 9.59 Å². The summed E-state index contributed by atoms with van der Waals surface area (Å²) in [5.74, 6) is -0.925. The first-order valence-electron chi connectivity index (χ1n) is 7.32. The molecule has 1 aromatic carbocycles. The van der Waals surface area contributed by atoms with Crippen molar-refractivity contribution in [1.82, 2.24) is 9.80 Å². The SMILES string of the molecule is CN1C(=O)C2CN(C)[C@]3(OCCc4ccccc43)C2C1=O. The van der Waals surface area contributed by atoms with E-state index < -0.39 is 11.6 Å². The summed E-state index contributed by atoms with van der Waals surface area (Å²) in [7, 11) is 3.52. The van der Waals surface area contributed by atoms with Crippen LogP contribution in [0.15, 0.2) is 24.3 Å². The molecule has 0 N–H and O–H groups in total. The molecule has 21 heavy (non-hydrogen) atoms. The molecule has 0 radical (unpaired) electrons. The summed E-state index contributed by atoms with van der Waals surface area (Å²) >= 11 is 0. The first-order chi connectivity index (χ1) is 10.1. The monoisotopic (exact) mass is 286 g/mol. The highest BCUT2D eigenvalue weighted by molar-refractivity contribution is 6.06. The number of hydrogen-bond donors (Lipinski definition) is 0. The molecule has 1 spiro atoms. The molecule has 1 aromatic rings. The molecule has 3 aliphatic rings. The van der Waals surface area contributed by atoms with E-state index in [4.69, 9.17) is 4.74 Å². The lowest BCUT2D eigenvalue weighted by molar-refractivity contribution is -0.178. The maximum atomic E-state index is 12.6. The van der Waals surface area contributed by atoms with Crippen molar-refractivity contribution >= 4 is 11.8 Å². The highest BCUT2D eigenvalue weighted by atomic mass is 16.5. The van der Waals surface area contributed by atoms with Gasteiger partial charge in [-0.2, -0.15) is 0 Å². The van der Waals surface area contributed by atoms with Gasteiger partial charge < -0.3 is 4.74 Å². The average molecular weight is 286 g/mol. The Hall–Kier alpha value is -1.72. The normalized spacial score (nSPS) is 35.4. The molecule has 5 nitrogen and oxygen atoms in total. The van der Waals surface area contributed by atoms with Gasteiger partial charge in [-0.25, -0.2) is 0 Å². The fourth-order valence-electron chi connectivity index (χ4n) is 4.23. The lowest BCUT2D eigenvalue weighted by Crippen LogP contribution is -2.51. The minimum Gasteiger partial charge on any atom is -0.355 e. The summed E-state index contributed by atoms with van der Waals surface area (Å²) < 4.78 is 6.17. The smallest absolute Gasteiger partial charge is 0.237 e. The van der Waals surface area contributed by atoms with Crippen molar-refractivity contribution in [3.05, 3.63) is 35.4 Å². The number of carbonyl (C=O) groups excluding carboxylic acids is 2. The predicted molar refractivity (Wildman–Crippen MR) is 75.2 cm³/mol. The van der Waals surface area contributed by atoms with Crippen LogP contribution in [0.25, 0.3) is 0 Å². The number of fused-ring (bicyclic) bond motifs is 4. The number of hydrogen-bond acceptors (Lipinski definition) is 4. The highest BCUT2D eigenvalue weighted by Crippen LogP contribution is 2.52. The summed E-state index contributed by atoms with van der Waals surface area (Å²) in [6.45, 7) is 1.14. The molecule has 0 aliphatic carbocycles. The number of amides is 2. The number of ether oxygens (including phenoxy) is 1. The minimum atomic E-state index is -0.781. The molecular formula is C16H18N2O3. The number of likely N-dealkylation sites (tertiary alicyclic amines) is 2. The van der Waals surface area contributed by atoms with Gasteiger partial charge in [0, 0.05) is 19.2 Å². The first kappa shape index (κ1) is 13.0. The number of carbonyl (C=O) groups is 2. The second kappa shape index (κ2) is 4.15. The molecule has 3 aliphatic heterocycles. The number of imide groups is 1. The van der Waals surface area contributed by atoms with Crippen LogP contribution in [0.3, 0.4) is 0 Å². The van der Waals surface area contributed by atoms with Crippen LogP contribution in [0.2, 0.25) is 0 Å². The number of benzene rings is 1. The molecule has 2 fully saturated rings. The molecule has 2 saturated heterocycles. The zero-order valence-corrected chi connectivity index (χ0v) is 12.2. The third-order valence-corrected chi connectivity index (χ3v) is 5.20. The van der Waals surface area contributed by atoms with Crippen LogP contribution in [0.4, 0.5) is 0 Å². The van der Waals surface area contributed by atoms with E-state index >= 15 is 0 Å². The standard InChI is InChI=1S/C16H18N2O3/c1-17-9-11-13(15(20)18(2)14(11)19)16(17)12-6-4-3-5-10(12)7-8-21-16/h3-6,11,13H,7-9H2,1-2H3/t11?,13?,16-/m1/s1. The van der Waals surface area contributed by atoms with E-state index in [0.717, 1.165) is 12.0 Å². The van der Waals surface area contributed by atoms with Gasteiger partial charge in [0.2, 0.25) is 11.8 Å². The molecule has 0 saturated carbocycles. The fourth-order valence-corrected chi connectivity index (χ4v) is 4.23. The lowest BCUT2D eigenvalue weighted by atomic mass is 9.81. The Morgan fingerprint density at radius 2 is 1.95 bits per heavy atom. The van der Waals surface area contributed by atoms with E-state index in [0.29, 0.717) is 13.2 Å². The van der Waals surface area contributed by atoms with Crippen molar-refractivity contribution in [2.24, 2.45) is 11.8 Å². The topological polar surface area (TPSA) is 49.9 Å². The fraction of sp³-hybridized carbons (Fsp3) is 0.500. The lowest BCUT2D eigenvalue weighted by Gasteiger charge is -2.43. The molecule has 4 rings (SSSR count). The van der Waals surface area contributed by atoms with Gasteiger partial charge in [0.15, 0.2) is 5.72 Å². The molecule has 3 heterocycles. The van der Waals surface area contributed by atoms with Gasteiger partial charge in [0.1, 0.15) is 0 Å². The van der Waals surface area contributed by atoms with Crippen molar-refractivity contribution in [3.63, 3.8) is 0 Å². The average Bonchev–Trinajstić information content (AvgIpc) is 2.89. The van der Waals surface area contributed by atoms with E-state index in [-0.39, 0.29) is 17.7 Å². The minimum absolute atomic E-state index is 0.0830. The number of nitrogens with zero attached hydrogens (tertiary/aromatic N) is 2. The molecule has 5 heteroatoms. The van der Waals surface area contributed by atoms with Crippen molar-refractivity contribution in [1.29, 1.82) is 0 Å². The van der Waals surface area contributed by atoms with Crippen molar-refractivity contribution < 1.29 is 14.3 Å². The van der Waals surface area contributed by atoms with Crippen molar-refractivity contribution in [3.8, 4) is 0 Å². The van der Waals surface area contributed by atoms with Gasteiger partial charge in [-0.3, -0.25) is 19.4 Å². The predicted octanol–water partition coefficient (Wildman–Crippen LogP) is 0.588. The summed E-state index contributed by atoms with van der Waals surface area (Å²) in [5.41, 5.74) is 1.48. The van der Waals surface area contributed by atoms with Gasteiger partial charge in [-0.1, -0.05) is 24.3 Å². The third kappa shape index (κ3) is 1.43. The summed E-state index contributed by atoms with van der Waals surface area (Å²) in [6, 6.07) is 8.11. The van der Waals surface area contributed by atoms with Crippen LogP contribution in [0.1, 0.15) is 11.1 Å². The van der Waals surface area contributed by atoms with E-state index in [1.807, 2.05) is 30.1 Å². The summed E-state index contributed by atoms with van der Waals surface area (Å²) in [5, 5.41) is 0. The second-order valence-electron chi connectivity index (χ2n) is 6.15. The van der Waals surface area contributed by atoms with E-state index in [2.05, 4.69) is 6.07 Å². The van der Waals surface area contributed by atoms with Gasteiger partial charge >= 0.3 is 0 Å². The molecule has 0 aromatic heterocycles. The van der Waals surface area contributed by atoms with Gasteiger partial charge in [-0.05, 0) is 19.0 Å². The maximum Gasteiger partial charge on any atom is 0.237 e. The Morgan fingerprint density at radius 1 is 1.19 bits per heavy atom. The zero-order chi connectivity index (χ0) is 14.8. The van der Waals surface area contributed by atoms with Crippen LogP contribution in [0, 0.1) is 11.8 Å². The Kier molecular flexibility index (Phi) is 2.56.